The first-order valence-electron chi connectivity index (χ1n) is 9.29. The highest BCUT2D eigenvalue weighted by Gasteiger charge is 2.27. The summed E-state index contributed by atoms with van der Waals surface area (Å²) >= 11 is 0. The second kappa shape index (κ2) is 7.40. The zero-order valence-corrected chi connectivity index (χ0v) is 15.3. The standard InChI is InChI=1S/C21H23N3O3/c1-14-12-22-23-20(14)18-8-4-5-11-24(18)13-15-9-10-19(27-15)16-6-2-3-7-17(16)21(25)26/h2-3,6-7,9-10,12,18H,4-5,8,11,13H2,1H3,(H,22,23)(H,25,26)/t18-/m1/s1. The number of hydrogen-bond donors (Lipinski definition) is 2. The van der Waals surface area contributed by atoms with E-state index in [1.807, 2.05) is 24.4 Å². The van der Waals surface area contributed by atoms with Crippen molar-refractivity contribution < 1.29 is 14.3 Å². The zero-order chi connectivity index (χ0) is 18.8. The average molecular weight is 365 g/mol. The van der Waals surface area contributed by atoms with Crippen molar-refractivity contribution in [2.75, 3.05) is 6.54 Å². The first kappa shape index (κ1) is 17.5. The van der Waals surface area contributed by atoms with Crippen LogP contribution >= 0.6 is 0 Å². The van der Waals surface area contributed by atoms with E-state index in [4.69, 9.17) is 4.42 Å². The van der Waals surface area contributed by atoms with Gasteiger partial charge in [-0.2, -0.15) is 5.10 Å². The van der Waals surface area contributed by atoms with E-state index in [1.165, 1.54) is 24.1 Å². The van der Waals surface area contributed by atoms with Gasteiger partial charge in [0, 0.05) is 5.56 Å². The molecule has 3 heterocycles. The molecule has 0 aliphatic carbocycles. The van der Waals surface area contributed by atoms with Gasteiger partial charge in [-0.3, -0.25) is 10.00 Å². The van der Waals surface area contributed by atoms with Crippen LogP contribution in [-0.4, -0.2) is 32.7 Å². The predicted molar refractivity (Wildman–Crippen MR) is 101 cm³/mol. The molecule has 0 radical (unpaired) electrons. The molecule has 1 atom stereocenters. The van der Waals surface area contributed by atoms with Crippen LogP contribution in [0, 0.1) is 6.92 Å². The van der Waals surface area contributed by atoms with E-state index in [2.05, 4.69) is 22.0 Å². The summed E-state index contributed by atoms with van der Waals surface area (Å²) in [5, 5.41) is 16.7. The summed E-state index contributed by atoms with van der Waals surface area (Å²) in [4.78, 5) is 13.9. The van der Waals surface area contributed by atoms with Crippen LogP contribution in [-0.2, 0) is 6.54 Å². The first-order chi connectivity index (χ1) is 13.1. The molecule has 0 unspecified atom stereocenters. The molecule has 4 rings (SSSR count). The van der Waals surface area contributed by atoms with Gasteiger partial charge in [-0.05, 0) is 50.1 Å². The SMILES string of the molecule is Cc1cn[nH]c1[C@H]1CCCCN1Cc1ccc(-c2ccccc2C(=O)O)o1. The molecule has 1 fully saturated rings. The Morgan fingerprint density at radius 3 is 2.93 bits per heavy atom. The highest BCUT2D eigenvalue weighted by Crippen LogP contribution is 2.33. The van der Waals surface area contributed by atoms with Gasteiger partial charge in [0.2, 0.25) is 0 Å². The number of nitrogens with zero attached hydrogens (tertiary/aromatic N) is 2. The molecule has 0 bridgehead atoms. The Bertz CT molecular complexity index is 944. The Balaban J connectivity index is 1.57. The molecule has 0 amide bonds. The fourth-order valence-electron chi connectivity index (χ4n) is 3.89. The molecule has 140 valence electrons. The van der Waals surface area contributed by atoms with Crippen LogP contribution in [0.4, 0.5) is 0 Å². The fourth-order valence-corrected chi connectivity index (χ4v) is 3.89. The second-order valence-electron chi connectivity index (χ2n) is 7.07. The lowest BCUT2D eigenvalue weighted by Gasteiger charge is -2.34. The molecule has 6 heteroatoms. The number of hydrogen-bond acceptors (Lipinski definition) is 4. The maximum absolute atomic E-state index is 11.5. The largest absolute Gasteiger partial charge is 0.478 e. The molecule has 27 heavy (non-hydrogen) atoms. The lowest BCUT2D eigenvalue weighted by molar-refractivity contribution is 0.0697. The molecular formula is C21H23N3O3. The summed E-state index contributed by atoms with van der Waals surface area (Å²) in [6.45, 7) is 3.78. The number of piperidine rings is 1. The number of H-pyrrole nitrogens is 1. The highest BCUT2D eigenvalue weighted by atomic mass is 16.4. The van der Waals surface area contributed by atoms with Gasteiger partial charge < -0.3 is 9.52 Å². The fraction of sp³-hybridized carbons (Fsp3) is 0.333. The van der Waals surface area contributed by atoms with Crippen molar-refractivity contribution in [3.05, 3.63) is 65.2 Å². The van der Waals surface area contributed by atoms with E-state index in [0.717, 1.165) is 18.7 Å². The highest BCUT2D eigenvalue weighted by molar-refractivity contribution is 5.95. The molecule has 0 saturated carbocycles. The van der Waals surface area contributed by atoms with Crippen molar-refractivity contribution in [1.29, 1.82) is 0 Å². The number of benzene rings is 1. The van der Waals surface area contributed by atoms with Crippen LogP contribution in [0.1, 0.15) is 52.7 Å². The summed E-state index contributed by atoms with van der Waals surface area (Å²) in [6, 6.07) is 11.0. The van der Waals surface area contributed by atoms with E-state index in [-0.39, 0.29) is 5.56 Å². The number of furan rings is 1. The van der Waals surface area contributed by atoms with Crippen molar-refractivity contribution in [1.82, 2.24) is 15.1 Å². The van der Waals surface area contributed by atoms with Gasteiger partial charge in [0.1, 0.15) is 11.5 Å². The number of likely N-dealkylation sites (tertiary alicyclic amines) is 1. The monoisotopic (exact) mass is 365 g/mol. The molecule has 2 aromatic heterocycles. The summed E-state index contributed by atoms with van der Waals surface area (Å²) in [5.74, 6) is 0.484. The minimum Gasteiger partial charge on any atom is -0.478 e. The predicted octanol–water partition coefficient (Wildman–Crippen LogP) is 4.40. The number of aromatic amines is 1. The van der Waals surface area contributed by atoms with Crippen molar-refractivity contribution >= 4 is 5.97 Å². The van der Waals surface area contributed by atoms with Gasteiger partial charge >= 0.3 is 5.97 Å². The maximum atomic E-state index is 11.5. The van der Waals surface area contributed by atoms with Crippen LogP contribution in [0.2, 0.25) is 0 Å². The lowest BCUT2D eigenvalue weighted by Crippen LogP contribution is -2.33. The third kappa shape index (κ3) is 3.53. The van der Waals surface area contributed by atoms with E-state index in [1.54, 1.807) is 18.2 Å². The molecule has 1 aromatic carbocycles. The summed E-state index contributed by atoms with van der Waals surface area (Å²) < 4.78 is 6.03. The third-order valence-corrected chi connectivity index (χ3v) is 5.26. The number of aromatic nitrogens is 2. The number of rotatable bonds is 5. The maximum Gasteiger partial charge on any atom is 0.336 e. The van der Waals surface area contributed by atoms with Gasteiger partial charge in [-0.1, -0.05) is 24.6 Å². The Kier molecular flexibility index (Phi) is 4.81. The van der Waals surface area contributed by atoms with Crippen LogP contribution in [0.3, 0.4) is 0 Å². The van der Waals surface area contributed by atoms with Gasteiger partial charge in [0.25, 0.3) is 0 Å². The third-order valence-electron chi connectivity index (χ3n) is 5.26. The molecule has 2 N–H and O–H groups in total. The minimum atomic E-state index is -0.950. The van der Waals surface area contributed by atoms with Crippen LogP contribution < -0.4 is 0 Å². The average Bonchev–Trinajstić information content (AvgIpc) is 3.31. The number of aromatic carboxylic acids is 1. The van der Waals surface area contributed by atoms with Gasteiger partial charge in [0.05, 0.1) is 30.0 Å². The number of carboxylic acid groups (broad SMARTS) is 1. The topological polar surface area (TPSA) is 82.4 Å². The molecule has 1 aliphatic heterocycles. The van der Waals surface area contributed by atoms with Crippen LogP contribution in [0.25, 0.3) is 11.3 Å². The van der Waals surface area contributed by atoms with E-state index >= 15 is 0 Å². The quantitative estimate of drug-likeness (QED) is 0.700. The van der Waals surface area contributed by atoms with E-state index in [0.29, 0.717) is 23.9 Å². The smallest absolute Gasteiger partial charge is 0.336 e. The van der Waals surface area contributed by atoms with Crippen molar-refractivity contribution in [2.45, 2.75) is 38.8 Å². The molecule has 1 saturated heterocycles. The molecule has 6 nitrogen and oxygen atoms in total. The van der Waals surface area contributed by atoms with E-state index in [9.17, 15) is 9.90 Å². The normalized spacial score (nSPS) is 17.9. The first-order valence-corrected chi connectivity index (χ1v) is 9.29. The summed E-state index contributed by atoms with van der Waals surface area (Å²) in [7, 11) is 0. The number of carbonyl (C=O) groups is 1. The van der Waals surface area contributed by atoms with E-state index < -0.39 is 5.97 Å². The Morgan fingerprint density at radius 2 is 2.15 bits per heavy atom. The molecular weight excluding hydrogens is 342 g/mol. The second-order valence-corrected chi connectivity index (χ2v) is 7.07. The number of nitrogens with one attached hydrogen (secondary N) is 1. The Hall–Kier alpha value is -2.86. The number of aryl methyl sites for hydroxylation is 1. The molecule has 0 spiro atoms. The Labute approximate surface area is 157 Å². The van der Waals surface area contributed by atoms with Gasteiger partial charge in [-0.15, -0.1) is 0 Å². The van der Waals surface area contributed by atoms with Gasteiger partial charge in [-0.25, -0.2) is 4.79 Å². The van der Waals surface area contributed by atoms with Crippen LogP contribution in [0.15, 0.2) is 47.0 Å². The van der Waals surface area contributed by atoms with Crippen molar-refractivity contribution in [3.8, 4) is 11.3 Å². The zero-order valence-electron chi connectivity index (χ0n) is 15.3. The van der Waals surface area contributed by atoms with Crippen molar-refractivity contribution in [2.24, 2.45) is 0 Å². The molecule has 3 aromatic rings. The summed E-state index contributed by atoms with van der Waals surface area (Å²) in [6.07, 6.45) is 5.34. The van der Waals surface area contributed by atoms with Crippen LogP contribution in [0.5, 0.6) is 0 Å². The minimum absolute atomic E-state index is 0.252. The summed E-state index contributed by atoms with van der Waals surface area (Å²) in [5.41, 5.74) is 3.22. The number of carboxylic acids is 1. The Morgan fingerprint density at radius 1 is 1.30 bits per heavy atom. The molecule has 1 aliphatic rings. The lowest BCUT2D eigenvalue weighted by atomic mass is 9.97. The van der Waals surface area contributed by atoms with Crippen molar-refractivity contribution in [3.63, 3.8) is 0 Å². The van der Waals surface area contributed by atoms with Gasteiger partial charge in [0.15, 0.2) is 0 Å².